The van der Waals surface area contributed by atoms with Crippen LogP contribution in [0.5, 0.6) is 5.75 Å². The molecule has 0 radical (unpaired) electrons. The third-order valence-corrected chi connectivity index (χ3v) is 3.59. The van der Waals surface area contributed by atoms with Crippen LogP contribution in [0, 0.1) is 0 Å². The second-order valence-corrected chi connectivity index (χ2v) is 5.73. The minimum atomic E-state index is -0.284. The van der Waals surface area contributed by atoms with Gasteiger partial charge in [-0.05, 0) is 36.6 Å². The van der Waals surface area contributed by atoms with Gasteiger partial charge in [0.1, 0.15) is 12.4 Å². The summed E-state index contributed by atoms with van der Waals surface area (Å²) < 4.78 is 15.8. The summed E-state index contributed by atoms with van der Waals surface area (Å²) in [6.07, 6.45) is 1.11. The quantitative estimate of drug-likeness (QED) is 0.480. The first-order valence-corrected chi connectivity index (χ1v) is 8.74. The molecule has 26 heavy (non-hydrogen) atoms. The number of carbonyl (C=O) groups is 2. The van der Waals surface area contributed by atoms with Crippen LogP contribution in [0.3, 0.4) is 0 Å². The van der Waals surface area contributed by atoms with E-state index < -0.39 is 0 Å². The summed E-state index contributed by atoms with van der Waals surface area (Å²) in [5, 5.41) is 0. The van der Waals surface area contributed by atoms with Crippen molar-refractivity contribution in [2.45, 2.75) is 32.8 Å². The van der Waals surface area contributed by atoms with Gasteiger partial charge in [-0.3, -0.25) is 9.59 Å². The SMILES string of the molecule is CCOC(=O)CCCOc1cccc(CC(=O)OCc2ccccc2)c1. The predicted molar refractivity (Wildman–Crippen MR) is 97.7 cm³/mol. The Balaban J connectivity index is 1.73. The standard InChI is InChI=1S/C21H24O5/c1-2-24-20(22)12-7-13-25-19-11-6-10-18(14-19)15-21(23)26-16-17-8-4-3-5-9-17/h3-6,8-11,14H,2,7,12-13,15-16H2,1H3. The Morgan fingerprint density at radius 3 is 2.42 bits per heavy atom. The molecular weight excluding hydrogens is 332 g/mol. The largest absolute Gasteiger partial charge is 0.494 e. The van der Waals surface area contributed by atoms with Crippen LogP contribution >= 0.6 is 0 Å². The molecule has 0 spiro atoms. The van der Waals surface area contributed by atoms with E-state index in [1.165, 1.54) is 0 Å². The lowest BCUT2D eigenvalue weighted by molar-refractivity contribution is -0.144. The Morgan fingerprint density at radius 2 is 1.65 bits per heavy atom. The van der Waals surface area contributed by atoms with E-state index in [0.717, 1.165) is 11.1 Å². The second-order valence-electron chi connectivity index (χ2n) is 5.73. The fourth-order valence-electron chi connectivity index (χ4n) is 2.34. The van der Waals surface area contributed by atoms with Crippen molar-refractivity contribution < 1.29 is 23.8 Å². The van der Waals surface area contributed by atoms with Crippen molar-refractivity contribution in [1.82, 2.24) is 0 Å². The zero-order valence-corrected chi connectivity index (χ0v) is 15.0. The van der Waals surface area contributed by atoms with Crippen molar-refractivity contribution >= 4 is 11.9 Å². The third kappa shape index (κ3) is 7.38. The van der Waals surface area contributed by atoms with E-state index in [2.05, 4.69) is 0 Å². The number of carbonyl (C=O) groups excluding carboxylic acids is 2. The van der Waals surface area contributed by atoms with Crippen LogP contribution in [0.2, 0.25) is 0 Å². The van der Waals surface area contributed by atoms with Gasteiger partial charge in [0, 0.05) is 6.42 Å². The third-order valence-electron chi connectivity index (χ3n) is 3.59. The Bertz CT molecular complexity index is 697. The molecule has 0 saturated carbocycles. The molecule has 2 aromatic rings. The molecule has 138 valence electrons. The van der Waals surface area contributed by atoms with Crippen molar-refractivity contribution in [3.8, 4) is 5.75 Å². The molecule has 0 aromatic heterocycles. The van der Waals surface area contributed by atoms with Gasteiger partial charge in [-0.15, -0.1) is 0 Å². The summed E-state index contributed by atoms with van der Waals surface area (Å²) in [6, 6.07) is 16.9. The molecule has 0 atom stereocenters. The maximum absolute atomic E-state index is 12.0. The van der Waals surface area contributed by atoms with E-state index in [-0.39, 0.29) is 25.0 Å². The molecule has 0 saturated heterocycles. The Hall–Kier alpha value is -2.82. The molecule has 2 aromatic carbocycles. The molecule has 0 unspecified atom stereocenters. The van der Waals surface area contributed by atoms with Crippen molar-refractivity contribution in [3.05, 3.63) is 65.7 Å². The van der Waals surface area contributed by atoms with Gasteiger partial charge in [-0.25, -0.2) is 0 Å². The second kappa shape index (κ2) is 10.9. The molecule has 0 amide bonds. The summed E-state index contributed by atoms with van der Waals surface area (Å²) in [6.45, 7) is 2.86. The number of rotatable bonds is 10. The van der Waals surface area contributed by atoms with E-state index in [4.69, 9.17) is 14.2 Å². The number of esters is 2. The van der Waals surface area contributed by atoms with Gasteiger partial charge in [0.2, 0.25) is 0 Å². The zero-order valence-electron chi connectivity index (χ0n) is 15.0. The van der Waals surface area contributed by atoms with Crippen LogP contribution < -0.4 is 4.74 Å². The van der Waals surface area contributed by atoms with E-state index >= 15 is 0 Å². The molecule has 0 bridgehead atoms. The fraction of sp³-hybridized carbons (Fsp3) is 0.333. The first-order chi connectivity index (χ1) is 12.7. The van der Waals surface area contributed by atoms with E-state index in [0.29, 0.717) is 31.8 Å². The van der Waals surface area contributed by atoms with Crippen molar-refractivity contribution in [1.29, 1.82) is 0 Å². The molecule has 5 nitrogen and oxygen atoms in total. The van der Waals surface area contributed by atoms with Gasteiger partial charge in [-0.2, -0.15) is 0 Å². The lowest BCUT2D eigenvalue weighted by Gasteiger charge is -2.08. The van der Waals surface area contributed by atoms with Crippen molar-refractivity contribution in [2.24, 2.45) is 0 Å². The Kier molecular flexibility index (Phi) is 8.19. The highest BCUT2D eigenvalue weighted by Crippen LogP contribution is 2.15. The first-order valence-electron chi connectivity index (χ1n) is 8.74. The summed E-state index contributed by atoms with van der Waals surface area (Å²) in [5.41, 5.74) is 1.78. The Labute approximate surface area is 153 Å². The molecule has 0 aliphatic heterocycles. The van der Waals surface area contributed by atoms with E-state index in [9.17, 15) is 9.59 Å². The number of hydrogen-bond acceptors (Lipinski definition) is 5. The smallest absolute Gasteiger partial charge is 0.310 e. The van der Waals surface area contributed by atoms with Gasteiger partial charge in [0.25, 0.3) is 0 Å². The molecule has 5 heteroatoms. The van der Waals surface area contributed by atoms with Gasteiger partial charge >= 0.3 is 11.9 Å². The first kappa shape index (κ1) is 19.5. The highest BCUT2D eigenvalue weighted by Gasteiger charge is 2.07. The van der Waals surface area contributed by atoms with Gasteiger partial charge < -0.3 is 14.2 Å². The van der Waals surface area contributed by atoms with Crippen LogP contribution in [-0.2, 0) is 32.1 Å². The van der Waals surface area contributed by atoms with Crippen LogP contribution in [0.15, 0.2) is 54.6 Å². The van der Waals surface area contributed by atoms with Crippen LogP contribution in [0.1, 0.15) is 30.9 Å². The Morgan fingerprint density at radius 1 is 0.885 bits per heavy atom. The van der Waals surface area contributed by atoms with Crippen LogP contribution in [-0.4, -0.2) is 25.2 Å². The summed E-state index contributed by atoms with van der Waals surface area (Å²) in [5.74, 6) is 0.168. The van der Waals surface area contributed by atoms with Gasteiger partial charge in [0.15, 0.2) is 0 Å². The normalized spacial score (nSPS) is 10.2. The molecule has 0 fully saturated rings. The minimum absolute atomic E-state index is 0.187. The minimum Gasteiger partial charge on any atom is -0.494 e. The van der Waals surface area contributed by atoms with Crippen LogP contribution in [0.25, 0.3) is 0 Å². The van der Waals surface area contributed by atoms with E-state index in [1.54, 1.807) is 6.92 Å². The zero-order chi connectivity index (χ0) is 18.6. The summed E-state index contributed by atoms with van der Waals surface area (Å²) in [7, 11) is 0. The number of ether oxygens (including phenoxy) is 3. The van der Waals surface area contributed by atoms with Crippen molar-refractivity contribution in [3.63, 3.8) is 0 Å². The molecule has 0 aliphatic carbocycles. The van der Waals surface area contributed by atoms with Gasteiger partial charge in [0.05, 0.1) is 19.6 Å². The lowest BCUT2D eigenvalue weighted by atomic mass is 10.1. The molecule has 0 heterocycles. The monoisotopic (exact) mass is 356 g/mol. The topological polar surface area (TPSA) is 61.8 Å². The predicted octanol–water partition coefficient (Wildman–Crippen LogP) is 3.69. The maximum Gasteiger partial charge on any atom is 0.310 e. The average molecular weight is 356 g/mol. The number of hydrogen-bond donors (Lipinski definition) is 0. The number of benzene rings is 2. The molecule has 2 rings (SSSR count). The molecule has 0 aliphatic rings. The maximum atomic E-state index is 12.0. The molecular formula is C21H24O5. The van der Waals surface area contributed by atoms with Crippen molar-refractivity contribution in [2.75, 3.05) is 13.2 Å². The highest BCUT2D eigenvalue weighted by molar-refractivity contribution is 5.72. The highest BCUT2D eigenvalue weighted by atomic mass is 16.5. The average Bonchev–Trinajstić information content (AvgIpc) is 2.65. The summed E-state index contributed by atoms with van der Waals surface area (Å²) in [4.78, 5) is 23.2. The van der Waals surface area contributed by atoms with E-state index in [1.807, 2.05) is 54.6 Å². The fourth-order valence-corrected chi connectivity index (χ4v) is 2.34. The van der Waals surface area contributed by atoms with Gasteiger partial charge in [-0.1, -0.05) is 42.5 Å². The summed E-state index contributed by atoms with van der Waals surface area (Å²) >= 11 is 0. The van der Waals surface area contributed by atoms with Crippen LogP contribution in [0.4, 0.5) is 0 Å². The lowest BCUT2D eigenvalue weighted by Crippen LogP contribution is -2.08. The molecule has 0 N–H and O–H groups in total.